The summed E-state index contributed by atoms with van der Waals surface area (Å²) in [7, 11) is 0. The molecule has 0 saturated carbocycles. The summed E-state index contributed by atoms with van der Waals surface area (Å²) in [4.78, 5) is 36.6. The Kier molecular flexibility index (Phi) is 8.90. The molecule has 0 aromatic heterocycles. The van der Waals surface area contributed by atoms with Crippen LogP contribution in [0.2, 0.25) is 0 Å². The minimum absolute atomic E-state index is 0.00725. The summed E-state index contributed by atoms with van der Waals surface area (Å²) < 4.78 is 5.62. The number of carboxylic acid groups (broad SMARTS) is 1. The second-order valence-corrected chi connectivity index (χ2v) is 9.99. The molecular formula is C28H36N2O5. The lowest BCUT2D eigenvalue weighted by molar-refractivity contribution is -0.142. The number of hydrogen-bond acceptors (Lipinski definition) is 4. The summed E-state index contributed by atoms with van der Waals surface area (Å²) in [5, 5.41) is 14.9. The van der Waals surface area contributed by atoms with E-state index in [1.807, 2.05) is 52.0 Å². The fourth-order valence-corrected chi connectivity index (χ4v) is 4.59. The van der Waals surface area contributed by atoms with Gasteiger partial charge in [0, 0.05) is 24.9 Å². The van der Waals surface area contributed by atoms with Gasteiger partial charge in [-0.15, -0.1) is 0 Å². The minimum atomic E-state index is -0.920. The monoisotopic (exact) mass is 480 g/mol. The fraction of sp³-hybridized carbons (Fsp3) is 0.464. The Bertz CT molecular complexity index is 1000. The number of carbonyl (C=O) groups excluding carboxylic acids is 2. The molecule has 2 atom stereocenters. The molecule has 7 nitrogen and oxygen atoms in total. The molecule has 2 unspecified atom stereocenters. The van der Waals surface area contributed by atoms with Crippen LogP contribution in [-0.2, 0) is 14.3 Å². The minimum Gasteiger partial charge on any atom is -0.481 e. The highest BCUT2D eigenvalue weighted by atomic mass is 16.5. The zero-order chi connectivity index (χ0) is 25.5. The van der Waals surface area contributed by atoms with Crippen molar-refractivity contribution < 1.29 is 24.2 Å². The summed E-state index contributed by atoms with van der Waals surface area (Å²) in [6.07, 6.45) is -0.0292. The predicted octanol–water partition coefficient (Wildman–Crippen LogP) is 4.80. The van der Waals surface area contributed by atoms with E-state index in [4.69, 9.17) is 4.74 Å². The molecule has 2 aromatic carbocycles. The number of carboxylic acids is 1. The molecule has 2 aromatic rings. The van der Waals surface area contributed by atoms with E-state index in [2.05, 4.69) is 34.9 Å². The molecule has 1 aliphatic rings. The van der Waals surface area contributed by atoms with Gasteiger partial charge in [-0.3, -0.25) is 9.59 Å². The molecule has 2 amide bonds. The van der Waals surface area contributed by atoms with Gasteiger partial charge in [0.15, 0.2) is 0 Å². The van der Waals surface area contributed by atoms with Crippen LogP contribution in [0.4, 0.5) is 4.79 Å². The summed E-state index contributed by atoms with van der Waals surface area (Å²) in [6.45, 7) is 8.01. The highest BCUT2D eigenvalue weighted by molar-refractivity contribution is 5.80. The Balaban J connectivity index is 1.55. The van der Waals surface area contributed by atoms with E-state index in [1.165, 1.54) is 0 Å². The Labute approximate surface area is 207 Å². The average molecular weight is 481 g/mol. The van der Waals surface area contributed by atoms with Crippen molar-refractivity contribution in [1.82, 2.24) is 10.6 Å². The van der Waals surface area contributed by atoms with E-state index in [0.717, 1.165) is 22.3 Å². The van der Waals surface area contributed by atoms with Crippen LogP contribution < -0.4 is 10.6 Å². The molecule has 0 aliphatic heterocycles. The first-order chi connectivity index (χ1) is 16.7. The lowest BCUT2D eigenvalue weighted by atomic mass is 9.96. The van der Waals surface area contributed by atoms with Gasteiger partial charge in [0.2, 0.25) is 5.91 Å². The third kappa shape index (κ3) is 6.84. The van der Waals surface area contributed by atoms with Crippen LogP contribution in [0, 0.1) is 17.8 Å². The van der Waals surface area contributed by atoms with Gasteiger partial charge in [0.05, 0.1) is 5.92 Å². The van der Waals surface area contributed by atoms with Gasteiger partial charge in [-0.2, -0.15) is 0 Å². The number of rotatable bonds is 11. The van der Waals surface area contributed by atoms with Crippen molar-refractivity contribution in [2.24, 2.45) is 17.8 Å². The van der Waals surface area contributed by atoms with Crippen molar-refractivity contribution in [1.29, 1.82) is 0 Å². The van der Waals surface area contributed by atoms with E-state index >= 15 is 0 Å². The maximum atomic E-state index is 12.7. The molecule has 0 radical (unpaired) electrons. The maximum Gasteiger partial charge on any atom is 0.407 e. The van der Waals surface area contributed by atoms with Gasteiger partial charge in [-0.05, 0) is 40.5 Å². The van der Waals surface area contributed by atoms with Gasteiger partial charge in [-0.1, -0.05) is 76.2 Å². The molecular weight excluding hydrogens is 444 g/mol. The van der Waals surface area contributed by atoms with E-state index in [1.54, 1.807) is 0 Å². The molecule has 188 valence electrons. The first-order valence-corrected chi connectivity index (χ1v) is 12.3. The maximum absolute atomic E-state index is 12.7. The van der Waals surface area contributed by atoms with Gasteiger partial charge >= 0.3 is 12.1 Å². The number of amides is 2. The first kappa shape index (κ1) is 26.3. The topological polar surface area (TPSA) is 105 Å². The van der Waals surface area contributed by atoms with Gasteiger partial charge in [0.1, 0.15) is 6.61 Å². The van der Waals surface area contributed by atoms with Crippen LogP contribution >= 0.6 is 0 Å². The molecule has 0 spiro atoms. The molecule has 3 N–H and O–H groups in total. The molecule has 7 heteroatoms. The largest absolute Gasteiger partial charge is 0.481 e. The number of hydrogen-bond donors (Lipinski definition) is 3. The van der Waals surface area contributed by atoms with Crippen molar-refractivity contribution in [3.63, 3.8) is 0 Å². The van der Waals surface area contributed by atoms with Gasteiger partial charge in [-0.25, -0.2) is 4.79 Å². The molecule has 0 heterocycles. The van der Waals surface area contributed by atoms with Crippen LogP contribution in [0.15, 0.2) is 48.5 Å². The molecule has 0 saturated heterocycles. The van der Waals surface area contributed by atoms with Crippen molar-refractivity contribution >= 4 is 18.0 Å². The predicted molar refractivity (Wildman–Crippen MR) is 135 cm³/mol. The quantitative estimate of drug-likeness (QED) is 0.428. The van der Waals surface area contributed by atoms with Crippen LogP contribution in [0.1, 0.15) is 57.6 Å². The second kappa shape index (κ2) is 11.9. The summed E-state index contributed by atoms with van der Waals surface area (Å²) in [5.41, 5.74) is 4.59. The van der Waals surface area contributed by atoms with Crippen LogP contribution in [0.25, 0.3) is 11.1 Å². The van der Waals surface area contributed by atoms with E-state index in [-0.39, 0.29) is 43.2 Å². The lowest BCUT2D eigenvalue weighted by Crippen LogP contribution is -2.43. The third-order valence-electron chi connectivity index (χ3n) is 6.51. The highest BCUT2D eigenvalue weighted by Gasteiger charge is 2.30. The molecule has 1 aliphatic carbocycles. The van der Waals surface area contributed by atoms with Crippen LogP contribution in [0.5, 0.6) is 0 Å². The van der Waals surface area contributed by atoms with Gasteiger partial charge < -0.3 is 20.5 Å². The third-order valence-corrected chi connectivity index (χ3v) is 6.51. The number of alkyl carbamates (subject to hydrolysis) is 1. The number of fused-ring (bicyclic) bond motifs is 3. The summed E-state index contributed by atoms with van der Waals surface area (Å²) in [5.74, 6) is -1.68. The second-order valence-electron chi connectivity index (χ2n) is 9.99. The number of benzene rings is 2. The van der Waals surface area contributed by atoms with Crippen molar-refractivity contribution in [3.05, 3.63) is 59.7 Å². The fourth-order valence-electron chi connectivity index (χ4n) is 4.59. The smallest absolute Gasteiger partial charge is 0.407 e. The summed E-state index contributed by atoms with van der Waals surface area (Å²) >= 11 is 0. The van der Waals surface area contributed by atoms with Crippen LogP contribution in [0.3, 0.4) is 0 Å². The standard InChI is InChI=1S/C28H36N2O5/c1-17(2)13-19(27(32)33)15-29-26(31)14-25(18(3)4)30-28(34)35-16-24-22-11-7-5-9-20(22)21-10-6-8-12-23(21)24/h5-12,17-19,24-25H,13-16H2,1-4H3,(H,29,31)(H,30,34)(H,32,33). The Hall–Kier alpha value is -3.35. The van der Waals surface area contributed by atoms with Gasteiger partial charge in [0.25, 0.3) is 0 Å². The van der Waals surface area contributed by atoms with E-state index < -0.39 is 24.0 Å². The number of aliphatic carboxylic acids is 1. The van der Waals surface area contributed by atoms with E-state index in [9.17, 15) is 19.5 Å². The molecule has 3 rings (SSSR count). The Morgan fingerprint density at radius 2 is 1.51 bits per heavy atom. The van der Waals surface area contributed by atoms with Crippen molar-refractivity contribution in [2.45, 2.75) is 52.5 Å². The highest BCUT2D eigenvalue weighted by Crippen LogP contribution is 2.44. The van der Waals surface area contributed by atoms with Crippen molar-refractivity contribution in [2.75, 3.05) is 13.2 Å². The molecule has 35 heavy (non-hydrogen) atoms. The Morgan fingerprint density at radius 3 is 2.03 bits per heavy atom. The average Bonchev–Trinajstić information content (AvgIpc) is 3.13. The van der Waals surface area contributed by atoms with Crippen LogP contribution in [-0.4, -0.2) is 42.3 Å². The zero-order valence-electron chi connectivity index (χ0n) is 20.9. The van der Waals surface area contributed by atoms with Crippen molar-refractivity contribution in [3.8, 4) is 11.1 Å². The number of nitrogens with one attached hydrogen (secondary N) is 2. The number of ether oxygens (including phenoxy) is 1. The zero-order valence-corrected chi connectivity index (χ0v) is 20.9. The molecule has 0 fully saturated rings. The summed E-state index contributed by atoms with van der Waals surface area (Å²) in [6, 6.07) is 15.8. The lowest BCUT2D eigenvalue weighted by Gasteiger charge is -2.23. The molecule has 0 bridgehead atoms. The SMILES string of the molecule is CC(C)CC(CNC(=O)CC(NC(=O)OCC1c2ccccc2-c2ccccc21)C(C)C)C(=O)O. The Morgan fingerprint density at radius 1 is 0.943 bits per heavy atom. The first-order valence-electron chi connectivity index (χ1n) is 12.3. The van der Waals surface area contributed by atoms with E-state index in [0.29, 0.717) is 6.42 Å². The normalized spacial score (nSPS) is 14.2. The number of carbonyl (C=O) groups is 3.